The fraction of sp³-hybridized carbons (Fsp3) is 0.333. The Hall–Kier alpha value is -1.91. The number of hydrogen-bond acceptors (Lipinski definition) is 2. The second-order valence-electron chi connectivity index (χ2n) is 4.00. The quantitative estimate of drug-likeness (QED) is 0.852. The predicted molar refractivity (Wildman–Crippen MR) is 62.3 cm³/mol. The zero-order chi connectivity index (χ0) is 12.4. The highest BCUT2D eigenvalue weighted by atomic mass is 19.1. The second-order valence-corrected chi connectivity index (χ2v) is 4.00. The van der Waals surface area contributed by atoms with Crippen molar-refractivity contribution in [2.75, 3.05) is 16.8 Å². The van der Waals surface area contributed by atoms with Crippen LogP contribution in [0.25, 0.3) is 0 Å². The van der Waals surface area contributed by atoms with Gasteiger partial charge in [0.25, 0.3) is 0 Å². The van der Waals surface area contributed by atoms with Crippen molar-refractivity contribution in [3.05, 3.63) is 24.0 Å². The molecule has 4 nitrogen and oxygen atoms in total. The average Bonchev–Trinajstić information content (AvgIpc) is 2.64. The Morgan fingerprint density at radius 2 is 2.24 bits per heavy atom. The highest BCUT2D eigenvalue weighted by Crippen LogP contribution is 2.26. The van der Waals surface area contributed by atoms with Gasteiger partial charge in [0.2, 0.25) is 11.8 Å². The molecule has 1 N–H and O–H groups in total. The Kier molecular flexibility index (Phi) is 3.08. The summed E-state index contributed by atoms with van der Waals surface area (Å²) in [6.07, 6.45) is 1.22. The molecule has 2 amide bonds. The number of hydrogen-bond donors (Lipinski definition) is 1. The minimum atomic E-state index is -0.494. The number of nitrogens with zero attached hydrogens (tertiary/aromatic N) is 1. The number of amides is 2. The van der Waals surface area contributed by atoms with E-state index in [-0.39, 0.29) is 17.5 Å². The van der Waals surface area contributed by atoms with Crippen molar-refractivity contribution in [1.82, 2.24) is 0 Å². The topological polar surface area (TPSA) is 49.4 Å². The van der Waals surface area contributed by atoms with Crippen molar-refractivity contribution >= 4 is 23.2 Å². The number of rotatable bonds is 2. The maximum absolute atomic E-state index is 13.8. The smallest absolute Gasteiger partial charge is 0.227 e. The number of carbonyl (C=O) groups is 2. The minimum Gasteiger partial charge on any atom is -0.326 e. The summed E-state index contributed by atoms with van der Waals surface area (Å²) in [4.78, 5) is 23.7. The highest BCUT2D eigenvalue weighted by Gasteiger charge is 2.24. The summed E-state index contributed by atoms with van der Waals surface area (Å²) in [6, 6.07) is 4.33. The van der Waals surface area contributed by atoms with Crippen LogP contribution >= 0.6 is 0 Å². The summed E-state index contributed by atoms with van der Waals surface area (Å²) in [5.74, 6) is -0.808. The normalized spacial score (nSPS) is 15.2. The molecule has 1 aromatic carbocycles. The van der Waals surface area contributed by atoms with Gasteiger partial charge in [-0.1, -0.05) is 0 Å². The van der Waals surface area contributed by atoms with E-state index in [2.05, 4.69) is 5.32 Å². The van der Waals surface area contributed by atoms with Crippen LogP contribution in [0.1, 0.15) is 19.8 Å². The Morgan fingerprint density at radius 3 is 2.76 bits per heavy atom. The third kappa shape index (κ3) is 2.43. The zero-order valence-corrected chi connectivity index (χ0v) is 9.50. The van der Waals surface area contributed by atoms with Crippen LogP contribution < -0.4 is 10.2 Å². The van der Waals surface area contributed by atoms with Crippen LogP contribution in [0.2, 0.25) is 0 Å². The van der Waals surface area contributed by atoms with Gasteiger partial charge >= 0.3 is 0 Å². The van der Waals surface area contributed by atoms with Crippen LogP contribution in [0.3, 0.4) is 0 Å². The fourth-order valence-corrected chi connectivity index (χ4v) is 1.91. The van der Waals surface area contributed by atoms with E-state index < -0.39 is 5.82 Å². The highest BCUT2D eigenvalue weighted by molar-refractivity contribution is 5.96. The van der Waals surface area contributed by atoms with E-state index in [1.165, 1.54) is 24.0 Å². The van der Waals surface area contributed by atoms with E-state index in [9.17, 15) is 14.0 Å². The predicted octanol–water partition coefficient (Wildman–Crippen LogP) is 1.91. The first-order valence-corrected chi connectivity index (χ1v) is 5.45. The Labute approximate surface area is 98.4 Å². The monoisotopic (exact) mass is 236 g/mol. The molecule has 1 aliphatic rings. The molecule has 0 saturated carbocycles. The number of carbonyl (C=O) groups excluding carboxylic acids is 2. The molecular weight excluding hydrogens is 223 g/mol. The lowest BCUT2D eigenvalue weighted by molar-refractivity contribution is -0.117. The molecule has 1 aromatic rings. The molecule has 0 aromatic heterocycles. The van der Waals surface area contributed by atoms with Crippen molar-refractivity contribution in [1.29, 1.82) is 0 Å². The lowest BCUT2D eigenvalue weighted by Crippen LogP contribution is -2.24. The first-order chi connectivity index (χ1) is 8.08. The molecule has 1 heterocycles. The van der Waals surface area contributed by atoms with Crippen molar-refractivity contribution in [3.63, 3.8) is 0 Å². The van der Waals surface area contributed by atoms with Crippen molar-refractivity contribution < 1.29 is 14.0 Å². The van der Waals surface area contributed by atoms with Crippen LogP contribution in [0.4, 0.5) is 15.8 Å². The minimum absolute atomic E-state index is 0.0591. The first-order valence-electron chi connectivity index (χ1n) is 5.45. The summed E-state index contributed by atoms with van der Waals surface area (Å²) < 4.78 is 13.8. The van der Waals surface area contributed by atoms with Gasteiger partial charge in [0.05, 0.1) is 5.69 Å². The molecular formula is C12H13FN2O2. The molecule has 0 atom stereocenters. The van der Waals surface area contributed by atoms with Crippen molar-refractivity contribution in [2.45, 2.75) is 19.8 Å². The molecule has 0 bridgehead atoms. The Morgan fingerprint density at radius 1 is 1.47 bits per heavy atom. The van der Waals surface area contributed by atoms with E-state index in [0.29, 0.717) is 18.7 Å². The SMILES string of the molecule is CC(=O)Nc1ccc(N2CCCC2=O)c(F)c1. The molecule has 0 radical (unpaired) electrons. The fourth-order valence-electron chi connectivity index (χ4n) is 1.91. The van der Waals surface area contributed by atoms with E-state index in [1.807, 2.05) is 0 Å². The molecule has 5 heteroatoms. The third-order valence-corrected chi connectivity index (χ3v) is 2.63. The second kappa shape index (κ2) is 4.53. The standard InChI is InChI=1S/C12H13FN2O2/c1-8(16)14-9-4-5-11(10(13)7-9)15-6-2-3-12(15)17/h4-5,7H,2-3,6H2,1H3,(H,14,16). The van der Waals surface area contributed by atoms with E-state index in [1.54, 1.807) is 6.07 Å². The maximum Gasteiger partial charge on any atom is 0.227 e. The Bertz CT molecular complexity index is 474. The van der Waals surface area contributed by atoms with Gasteiger partial charge < -0.3 is 10.2 Å². The molecule has 1 saturated heterocycles. The maximum atomic E-state index is 13.8. The van der Waals surface area contributed by atoms with Crippen LogP contribution in [0.5, 0.6) is 0 Å². The Balaban J connectivity index is 2.25. The van der Waals surface area contributed by atoms with Gasteiger partial charge in [-0.2, -0.15) is 0 Å². The average molecular weight is 236 g/mol. The molecule has 0 unspecified atom stereocenters. The van der Waals surface area contributed by atoms with Gasteiger partial charge in [0, 0.05) is 25.6 Å². The summed E-state index contributed by atoms with van der Waals surface area (Å²) in [5.41, 5.74) is 0.673. The molecule has 0 aliphatic carbocycles. The van der Waals surface area contributed by atoms with Gasteiger partial charge in [-0.3, -0.25) is 9.59 Å². The molecule has 17 heavy (non-hydrogen) atoms. The van der Waals surface area contributed by atoms with Crippen LogP contribution in [0, 0.1) is 5.82 Å². The van der Waals surface area contributed by atoms with E-state index >= 15 is 0 Å². The number of benzene rings is 1. The lowest BCUT2D eigenvalue weighted by Gasteiger charge is -2.17. The first kappa shape index (κ1) is 11.6. The number of anilines is 2. The van der Waals surface area contributed by atoms with Gasteiger partial charge in [0.15, 0.2) is 0 Å². The van der Waals surface area contributed by atoms with Gasteiger partial charge in [0.1, 0.15) is 5.82 Å². The summed E-state index contributed by atoms with van der Waals surface area (Å²) in [7, 11) is 0. The lowest BCUT2D eigenvalue weighted by atomic mass is 10.2. The van der Waals surface area contributed by atoms with Crippen molar-refractivity contribution in [2.24, 2.45) is 0 Å². The summed E-state index contributed by atoms with van der Waals surface area (Å²) in [5, 5.41) is 2.49. The molecule has 1 fully saturated rings. The molecule has 90 valence electrons. The van der Waals surface area contributed by atoms with E-state index in [4.69, 9.17) is 0 Å². The molecule has 1 aliphatic heterocycles. The number of nitrogens with one attached hydrogen (secondary N) is 1. The van der Waals surface area contributed by atoms with Gasteiger partial charge in [-0.25, -0.2) is 4.39 Å². The van der Waals surface area contributed by atoms with E-state index in [0.717, 1.165) is 6.42 Å². The van der Waals surface area contributed by atoms with Crippen LogP contribution in [-0.4, -0.2) is 18.4 Å². The largest absolute Gasteiger partial charge is 0.326 e. The number of halogens is 1. The van der Waals surface area contributed by atoms with Gasteiger partial charge in [-0.05, 0) is 24.6 Å². The summed E-state index contributed by atoms with van der Waals surface area (Å²) >= 11 is 0. The van der Waals surface area contributed by atoms with Gasteiger partial charge in [-0.15, -0.1) is 0 Å². The van der Waals surface area contributed by atoms with Crippen LogP contribution in [0.15, 0.2) is 18.2 Å². The van der Waals surface area contributed by atoms with Crippen LogP contribution in [-0.2, 0) is 9.59 Å². The molecule has 0 spiro atoms. The zero-order valence-electron chi connectivity index (χ0n) is 9.50. The summed E-state index contributed by atoms with van der Waals surface area (Å²) in [6.45, 7) is 1.91. The third-order valence-electron chi connectivity index (χ3n) is 2.63. The molecule has 2 rings (SSSR count). The van der Waals surface area contributed by atoms with Crippen molar-refractivity contribution in [3.8, 4) is 0 Å².